The van der Waals surface area contributed by atoms with Gasteiger partial charge in [-0.2, -0.15) is 0 Å². The van der Waals surface area contributed by atoms with Crippen molar-refractivity contribution in [2.75, 3.05) is 0 Å². The van der Waals surface area contributed by atoms with Crippen LogP contribution in [0.5, 0.6) is 0 Å². The molecule has 0 atom stereocenters. The van der Waals surface area contributed by atoms with Gasteiger partial charge in [-0.1, -0.05) is 20.8 Å². The second-order valence-electron chi connectivity index (χ2n) is 8.49. The quantitative estimate of drug-likeness (QED) is 0.803. The second-order valence-corrected chi connectivity index (χ2v) is 10.2. The Morgan fingerprint density at radius 1 is 1.16 bits per heavy atom. The number of halogens is 1. The first kappa shape index (κ1) is 21.6. The first-order chi connectivity index (χ1) is 11.1. The number of carbonyl (C=O) groups excluding carboxylic acids is 1. The third-order valence-corrected chi connectivity index (χ3v) is 4.96. The van der Waals surface area contributed by atoms with E-state index >= 15 is 0 Å². The largest absolute Gasteiger partial charge is 0.347 e. The lowest BCUT2D eigenvalue weighted by Gasteiger charge is -2.33. The number of nitrogens with one attached hydrogen (secondary N) is 2. The molecular weight excluding hydrogens is 343 g/mol. The molecule has 142 valence electrons. The summed E-state index contributed by atoms with van der Waals surface area (Å²) in [4.78, 5) is 12.4. The van der Waals surface area contributed by atoms with Crippen molar-refractivity contribution in [2.24, 2.45) is 5.41 Å². The molecular formula is C18H29FN2O3S. The number of hydrogen-bond donors (Lipinski definition) is 2. The molecule has 1 rings (SSSR count). The minimum atomic E-state index is -3.80. The Morgan fingerprint density at radius 3 is 2.20 bits per heavy atom. The number of rotatable bonds is 6. The van der Waals surface area contributed by atoms with Crippen LogP contribution in [0, 0.1) is 11.2 Å². The Morgan fingerprint density at radius 2 is 1.72 bits per heavy atom. The van der Waals surface area contributed by atoms with Crippen LogP contribution in [0.1, 0.15) is 65.2 Å². The van der Waals surface area contributed by atoms with E-state index in [0.717, 1.165) is 18.2 Å². The first-order valence-corrected chi connectivity index (χ1v) is 9.76. The summed E-state index contributed by atoms with van der Waals surface area (Å²) in [5.74, 6) is -1.39. The molecule has 2 N–H and O–H groups in total. The van der Waals surface area contributed by atoms with Crippen molar-refractivity contribution >= 4 is 15.9 Å². The van der Waals surface area contributed by atoms with Crippen molar-refractivity contribution in [3.05, 3.63) is 29.6 Å². The summed E-state index contributed by atoms with van der Waals surface area (Å²) >= 11 is 0. The molecule has 0 aliphatic carbocycles. The third kappa shape index (κ3) is 6.74. The number of amides is 1. The van der Waals surface area contributed by atoms with Crippen LogP contribution in [0.15, 0.2) is 23.1 Å². The zero-order valence-corrected chi connectivity index (χ0v) is 16.8. The fourth-order valence-corrected chi connectivity index (χ4v) is 4.25. The van der Waals surface area contributed by atoms with Gasteiger partial charge in [-0.05, 0) is 57.7 Å². The molecule has 1 amide bonds. The highest BCUT2D eigenvalue weighted by Crippen LogP contribution is 2.27. The van der Waals surface area contributed by atoms with Gasteiger partial charge >= 0.3 is 0 Å². The van der Waals surface area contributed by atoms with Gasteiger partial charge in [0.05, 0.1) is 10.5 Å². The molecule has 0 heterocycles. The standard InChI is InChI=1S/C18H29FN2O3S/c1-12(2)21-25(23,24)13-8-9-15(19)14(10-13)16(22)20-18(6,7)11-17(3,4)5/h8-10,12,21H,11H2,1-7H3,(H,20,22). The van der Waals surface area contributed by atoms with Crippen molar-refractivity contribution in [1.82, 2.24) is 10.0 Å². The monoisotopic (exact) mass is 372 g/mol. The number of hydrogen-bond acceptors (Lipinski definition) is 3. The molecule has 0 aliphatic heterocycles. The van der Waals surface area contributed by atoms with Gasteiger partial charge < -0.3 is 5.32 Å². The maximum absolute atomic E-state index is 14.1. The van der Waals surface area contributed by atoms with Crippen molar-refractivity contribution in [3.8, 4) is 0 Å². The molecule has 1 aromatic rings. The van der Waals surface area contributed by atoms with Crippen LogP contribution >= 0.6 is 0 Å². The minimum Gasteiger partial charge on any atom is -0.347 e. The molecule has 0 spiro atoms. The molecule has 0 unspecified atom stereocenters. The molecule has 0 bridgehead atoms. The first-order valence-electron chi connectivity index (χ1n) is 8.27. The van der Waals surface area contributed by atoms with E-state index in [1.165, 1.54) is 0 Å². The summed E-state index contributed by atoms with van der Waals surface area (Å²) in [6.45, 7) is 13.2. The van der Waals surface area contributed by atoms with Crippen molar-refractivity contribution < 1.29 is 17.6 Å². The molecule has 0 aromatic heterocycles. The maximum Gasteiger partial charge on any atom is 0.254 e. The zero-order chi connectivity index (χ0) is 19.6. The molecule has 0 aliphatic rings. The lowest BCUT2D eigenvalue weighted by atomic mass is 9.81. The molecule has 5 nitrogen and oxygen atoms in total. The van der Waals surface area contributed by atoms with E-state index < -0.39 is 27.3 Å². The molecule has 1 aromatic carbocycles. The number of benzene rings is 1. The Bertz CT molecular complexity index is 735. The molecule has 0 saturated heterocycles. The van der Waals surface area contributed by atoms with E-state index in [-0.39, 0.29) is 21.9 Å². The van der Waals surface area contributed by atoms with Crippen molar-refractivity contribution in [3.63, 3.8) is 0 Å². The smallest absolute Gasteiger partial charge is 0.254 e. The fraction of sp³-hybridized carbons (Fsp3) is 0.611. The van der Waals surface area contributed by atoms with Crippen LogP contribution in [0.2, 0.25) is 0 Å². The average molecular weight is 373 g/mol. The van der Waals surface area contributed by atoms with E-state index in [1.54, 1.807) is 13.8 Å². The summed E-state index contributed by atoms with van der Waals surface area (Å²) in [6, 6.07) is 2.92. The van der Waals surface area contributed by atoms with E-state index in [9.17, 15) is 17.6 Å². The zero-order valence-electron chi connectivity index (χ0n) is 16.0. The van der Waals surface area contributed by atoms with Gasteiger partial charge in [-0.15, -0.1) is 0 Å². The minimum absolute atomic E-state index is 0.0261. The predicted molar refractivity (Wildman–Crippen MR) is 97.5 cm³/mol. The van der Waals surface area contributed by atoms with Crippen LogP contribution in [-0.4, -0.2) is 25.9 Å². The highest BCUT2D eigenvalue weighted by atomic mass is 32.2. The maximum atomic E-state index is 14.1. The van der Waals surface area contributed by atoms with Crippen LogP contribution in [0.25, 0.3) is 0 Å². The topological polar surface area (TPSA) is 75.3 Å². The van der Waals surface area contributed by atoms with Crippen molar-refractivity contribution in [2.45, 2.75) is 71.4 Å². The Balaban J connectivity index is 3.13. The fourth-order valence-electron chi connectivity index (χ4n) is 2.97. The van der Waals surface area contributed by atoms with Gasteiger partial charge in [0.25, 0.3) is 5.91 Å². The van der Waals surface area contributed by atoms with Crippen LogP contribution in [0.3, 0.4) is 0 Å². The SMILES string of the molecule is CC(C)NS(=O)(=O)c1ccc(F)c(C(=O)NC(C)(C)CC(C)(C)C)c1. The summed E-state index contributed by atoms with van der Waals surface area (Å²) in [5.41, 5.74) is -0.872. The summed E-state index contributed by atoms with van der Waals surface area (Å²) < 4.78 is 41.0. The normalized spacial score (nSPS) is 13.2. The van der Waals surface area contributed by atoms with E-state index in [1.807, 2.05) is 34.6 Å². The Labute approximate surface area is 150 Å². The van der Waals surface area contributed by atoms with Gasteiger partial charge in [-0.25, -0.2) is 17.5 Å². The summed E-state index contributed by atoms with van der Waals surface area (Å²) in [6.07, 6.45) is 0.681. The van der Waals surface area contributed by atoms with Gasteiger partial charge in [0.15, 0.2) is 0 Å². The lowest BCUT2D eigenvalue weighted by molar-refractivity contribution is 0.0887. The number of carbonyl (C=O) groups is 1. The third-order valence-electron chi connectivity index (χ3n) is 3.31. The molecule has 7 heteroatoms. The lowest BCUT2D eigenvalue weighted by Crippen LogP contribution is -2.46. The van der Waals surface area contributed by atoms with Crippen molar-refractivity contribution in [1.29, 1.82) is 0 Å². The average Bonchev–Trinajstić information content (AvgIpc) is 2.33. The van der Waals surface area contributed by atoms with Crippen LogP contribution in [-0.2, 0) is 10.0 Å². The predicted octanol–water partition coefficient (Wildman–Crippen LogP) is 3.46. The molecule has 25 heavy (non-hydrogen) atoms. The van der Waals surface area contributed by atoms with E-state index in [2.05, 4.69) is 10.0 Å². The highest BCUT2D eigenvalue weighted by molar-refractivity contribution is 7.89. The van der Waals surface area contributed by atoms with E-state index in [4.69, 9.17) is 0 Å². The number of sulfonamides is 1. The second kappa shape index (κ2) is 7.41. The Kier molecular flexibility index (Phi) is 6.40. The van der Waals surface area contributed by atoms with E-state index in [0.29, 0.717) is 6.42 Å². The van der Waals surface area contributed by atoms with Gasteiger partial charge in [-0.3, -0.25) is 4.79 Å². The highest BCUT2D eigenvalue weighted by Gasteiger charge is 2.29. The molecule has 0 saturated carbocycles. The molecule has 0 radical (unpaired) electrons. The summed E-state index contributed by atoms with van der Waals surface area (Å²) in [5, 5.41) is 2.80. The van der Waals surface area contributed by atoms with Crippen LogP contribution in [0.4, 0.5) is 4.39 Å². The van der Waals surface area contributed by atoms with Gasteiger partial charge in [0, 0.05) is 11.6 Å². The van der Waals surface area contributed by atoms with Crippen LogP contribution < -0.4 is 10.0 Å². The van der Waals surface area contributed by atoms with Gasteiger partial charge in [0.2, 0.25) is 10.0 Å². The Hall–Kier alpha value is -1.47. The van der Waals surface area contributed by atoms with Gasteiger partial charge in [0.1, 0.15) is 5.82 Å². The molecule has 0 fully saturated rings. The summed E-state index contributed by atoms with van der Waals surface area (Å²) in [7, 11) is -3.80.